The molecule has 0 spiro atoms. The zero-order valence-electron chi connectivity index (χ0n) is 15.5. The Labute approximate surface area is 164 Å². The van der Waals surface area contributed by atoms with Crippen LogP contribution >= 0.6 is 11.6 Å². The summed E-state index contributed by atoms with van der Waals surface area (Å²) in [5, 5.41) is 6.34. The van der Waals surface area contributed by atoms with Crippen LogP contribution in [0, 0.1) is 12.3 Å². The van der Waals surface area contributed by atoms with E-state index in [9.17, 15) is 9.59 Å². The second-order valence-corrected chi connectivity index (χ2v) is 7.21. The Balaban J connectivity index is 1.55. The van der Waals surface area contributed by atoms with Crippen molar-refractivity contribution in [2.24, 2.45) is 5.41 Å². The molecule has 1 aliphatic rings. The molecule has 2 N–H and O–H groups in total. The lowest BCUT2D eigenvalue weighted by Crippen LogP contribution is -2.40. The van der Waals surface area contributed by atoms with Crippen LogP contribution in [0.5, 0.6) is 5.75 Å². The molecule has 3 rings (SSSR count). The van der Waals surface area contributed by atoms with E-state index in [1.807, 2.05) is 31.2 Å². The number of anilines is 1. The number of amides is 2. The van der Waals surface area contributed by atoms with Crippen LogP contribution in [-0.4, -0.2) is 25.5 Å². The first-order valence-corrected chi connectivity index (χ1v) is 9.32. The average molecular weight is 387 g/mol. The van der Waals surface area contributed by atoms with E-state index in [1.165, 1.54) is 0 Å². The van der Waals surface area contributed by atoms with Gasteiger partial charge in [0.1, 0.15) is 11.2 Å². The van der Waals surface area contributed by atoms with Gasteiger partial charge < -0.3 is 15.4 Å². The average Bonchev–Trinajstić information content (AvgIpc) is 3.48. The second-order valence-electron chi connectivity index (χ2n) is 6.80. The maximum Gasteiger partial charge on any atom is 0.240 e. The van der Waals surface area contributed by atoms with E-state index in [4.69, 9.17) is 16.3 Å². The van der Waals surface area contributed by atoms with Gasteiger partial charge in [-0.1, -0.05) is 29.8 Å². The molecule has 0 unspecified atom stereocenters. The highest BCUT2D eigenvalue weighted by molar-refractivity contribution is 6.31. The third-order valence-electron chi connectivity index (χ3n) is 4.99. The summed E-state index contributed by atoms with van der Waals surface area (Å²) in [6.07, 6.45) is 1.82. The molecule has 2 aromatic rings. The highest BCUT2D eigenvalue weighted by Crippen LogP contribution is 2.47. The van der Waals surface area contributed by atoms with Gasteiger partial charge in [-0.3, -0.25) is 9.59 Å². The summed E-state index contributed by atoms with van der Waals surface area (Å²) in [5.41, 5.74) is 1.57. The fourth-order valence-electron chi connectivity index (χ4n) is 2.95. The number of carbonyl (C=O) groups excluding carboxylic acids is 2. The molecule has 0 atom stereocenters. The van der Waals surface area contributed by atoms with Crippen LogP contribution < -0.4 is 15.4 Å². The van der Waals surface area contributed by atoms with Gasteiger partial charge in [0.2, 0.25) is 11.8 Å². The Bertz CT molecular complexity index is 845. The number of ether oxygens (including phenoxy) is 1. The van der Waals surface area contributed by atoms with Crippen LogP contribution in [0.4, 0.5) is 5.69 Å². The highest BCUT2D eigenvalue weighted by atomic mass is 35.5. The third kappa shape index (κ3) is 4.25. The third-order valence-corrected chi connectivity index (χ3v) is 5.40. The maximum absolute atomic E-state index is 12.7. The number of rotatable bonds is 7. The van der Waals surface area contributed by atoms with Crippen LogP contribution in [0.25, 0.3) is 0 Å². The number of methoxy groups -OCH3 is 1. The molecule has 5 nitrogen and oxygen atoms in total. The van der Waals surface area contributed by atoms with Crippen LogP contribution in [0.1, 0.15) is 24.0 Å². The van der Waals surface area contributed by atoms with Crippen molar-refractivity contribution in [2.45, 2.75) is 26.2 Å². The topological polar surface area (TPSA) is 67.4 Å². The van der Waals surface area contributed by atoms with Crippen molar-refractivity contribution in [1.82, 2.24) is 5.32 Å². The standard InChI is InChI=1S/C21H23ClN2O3/c1-14-17(22)4-3-5-18(14)24-20(26)21(11-12-21)19(25)23-13-10-15-6-8-16(27-2)9-7-15/h3-9H,10-13H2,1-2H3,(H,23,25)(H,24,26). The number of hydrogen-bond acceptors (Lipinski definition) is 3. The van der Waals surface area contributed by atoms with Gasteiger partial charge in [-0.25, -0.2) is 0 Å². The molecule has 142 valence electrons. The monoisotopic (exact) mass is 386 g/mol. The molecule has 0 bridgehead atoms. The molecule has 27 heavy (non-hydrogen) atoms. The summed E-state index contributed by atoms with van der Waals surface area (Å²) in [6, 6.07) is 13.0. The Kier molecular flexibility index (Phi) is 5.71. The molecule has 1 saturated carbocycles. The molecule has 0 radical (unpaired) electrons. The van der Waals surface area contributed by atoms with E-state index in [0.717, 1.165) is 16.9 Å². The molecule has 2 aromatic carbocycles. The largest absolute Gasteiger partial charge is 0.497 e. The van der Waals surface area contributed by atoms with Crippen LogP contribution in [-0.2, 0) is 16.0 Å². The minimum atomic E-state index is -0.964. The predicted octanol–water partition coefficient (Wildman–Crippen LogP) is 3.73. The Morgan fingerprint density at radius 1 is 1.11 bits per heavy atom. The molecule has 0 aliphatic heterocycles. The fraction of sp³-hybridized carbons (Fsp3) is 0.333. The first-order valence-electron chi connectivity index (χ1n) is 8.94. The summed E-state index contributed by atoms with van der Waals surface area (Å²) < 4.78 is 5.13. The highest BCUT2D eigenvalue weighted by Gasteiger charge is 2.56. The number of halogens is 1. The zero-order valence-corrected chi connectivity index (χ0v) is 16.2. The summed E-state index contributed by atoms with van der Waals surface area (Å²) in [4.78, 5) is 25.3. The van der Waals surface area contributed by atoms with Gasteiger partial charge in [-0.05, 0) is 61.6 Å². The van der Waals surface area contributed by atoms with E-state index >= 15 is 0 Å². The van der Waals surface area contributed by atoms with Crippen LogP contribution in [0.3, 0.4) is 0 Å². The Hall–Kier alpha value is -2.53. The second kappa shape index (κ2) is 8.01. The van der Waals surface area contributed by atoms with Crippen molar-refractivity contribution >= 4 is 29.1 Å². The minimum absolute atomic E-state index is 0.215. The predicted molar refractivity (Wildman–Crippen MR) is 106 cm³/mol. The van der Waals surface area contributed by atoms with E-state index < -0.39 is 5.41 Å². The van der Waals surface area contributed by atoms with Crippen molar-refractivity contribution in [3.63, 3.8) is 0 Å². The summed E-state index contributed by atoms with van der Waals surface area (Å²) in [5.74, 6) is 0.315. The molecular formula is C21H23ClN2O3. The smallest absolute Gasteiger partial charge is 0.240 e. The van der Waals surface area contributed by atoms with Gasteiger partial charge in [-0.15, -0.1) is 0 Å². The maximum atomic E-state index is 12.7. The zero-order chi connectivity index (χ0) is 19.4. The van der Waals surface area contributed by atoms with Crippen LogP contribution in [0.2, 0.25) is 5.02 Å². The Morgan fingerprint density at radius 2 is 1.81 bits per heavy atom. The number of nitrogens with one attached hydrogen (secondary N) is 2. The Morgan fingerprint density at radius 3 is 2.44 bits per heavy atom. The van der Waals surface area contributed by atoms with Gasteiger partial charge in [-0.2, -0.15) is 0 Å². The molecule has 0 aromatic heterocycles. The van der Waals surface area contributed by atoms with Crippen molar-refractivity contribution in [3.05, 3.63) is 58.6 Å². The lowest BCUT2D eigenvalue weighted by Gasteiger charge is -2.17. The molecule has 2 amide bonds. The first kappa shape index (κ1) is 19.2. The summed E-state index contributed by atoms with van der Waals surface area (Å²) in [6.45, 7) is 2.32. The van der Waals surface area contributed by atoms with E-state index in [-0.39, 0.29) is 11.8 Å². The van der Waals surface area contributed by atoms with Gasteiger partial charge in [0, 0.05) is 17.3 Å². The van der Waals surface area contributed by atoms with E-state index in [2.05, 4.69) is 10.6 Å². The lowest BCUT2D eigenvalue weighted by atomic mass is 10.0. The molecular weight excluding hydrogens is 364 g/mol. The summed E-state index contributed by atoms with van der Waals surface area (Å²) >= 11 is 6.10. The number of benzene rings is 2. The number of hydrogen-bond donors (Lipinski definition) is 2. The fourth-order valence-corrected chi connectivity index (χ4v) is 3.12. The van der Waals surface area contributed by atoms with Gasteiger partial charge in [0.05, 0.1) is 7.11 Å². The van der Waals surface area contributed by atoms with Crippen molar-refractivity contribution in [2.75, 3.05) is 19.0 Å². The lowest BCUT2D eigenvalue weighted by molar-refractivity contribution is -0.134. The molecule has 1 aliphatic carbocycles. The summed E-state index contributed by atoms with van der Waals surface area (Å²) in [7, 11) is 1.63. The minimum Gasteiger partial charge on any atom is -0.497 e. The van der Waals surface area contributed by atoms with Gasteiger partial charge in [0.25, 0.3) is 0 Å². The quantitative estimate of drug-likeness (QED) is 0.712. The number of carbonyl (C=O) groups is 2. The normalized spacial score (nSPS) is 14.3. The molecule has 1 fully saturated rings. The van der Waals surface area contributed by atoms with Crippen molar-refractivity contribution in [3.8, 4) is 5.75 Å². The van der Waals surface area contributed by atoms with Gasteiger partial charge >= 0.3 is 0 Å². The van der Waals surface area contributed by atoms with Crippen molar-refractivity contribution < 1.29 is 14.3 Å². The van der Waals surface area contributed by atoms with E-state index in [0.29, 0.717) is 36.5 Å². The SMILES string of the molecule is COc1ccc(CCNC(=O)C2(C(=O)Nc3cccc(Cl)c3C)CC2)cc1. The molecule has 6 heteroatoms. The molecule has 0 heterocycles. The van der Waals surface area contributed by atoms with Gasteiger partial charge in [0.15, 0.2) is 0 Å². The molecule has 0 saturated heterocycles. The van der Waals surface area contributed by atoms with Crippen molar-refractivity contribution in [1.29, 1.82) is 0 Å². The van der Waals surface area contributed by atoms with E-state index in [1.54, 1.807) is 25.3 Å². The first-order chi connectivity index (χ1) is 13.0. The van der Waals surface area contributed by atoms with Crippen LogP contribution in [0.15, 0.2) is 42.5 Å².